The number of para-hydroxylation sites is 4. The van der Waals surface area contributed by atoms with Gasteiger partial charge in [-0.3, -0.25) is 0 Å². The molecule has 0 aliphatic heterocycles. The minimum atomic E-state index is 1.15. The molecule has 0 aliphatic rings. The minimum absolute atomic E-state index is 1.15. The van der Waals surface area contributed by atoms with Crippen molar-refractivity contribution in [3.05, 3.63) is 485 Å². The van der Waals surface area contributed by atoms with Crippen molar-refractivity contribution in [3.63, 3.8) is 0 Å². The summed E-state index contributed by atoms with van der Waals surface area (Å²) >= 11 is 0. The van der Waals surface area contributed by atoms with Gasteiger partial charge in [0.15, 0.2) is 0 Å². The Bertz CT molecular complexity index is 8080. The van der Waals surface area contributed by atoms with Crippen LogP contribution in [0, 0.1) is 0 Å². The summed E-state index contributed by atoms with van der Waals surface area (Å²) in [4.78, 5) is 0. The molecule has 4 heterocycles. The van der Waals surface area contributed by atoms with Crippen molar-refractivity contribution in [2.75, 3.05) is 0 Å². The van der Waals surface area contributed by atoms with Crippen LogP contribution in [-0.2, 0) is 0 Å². The number of hydrogen-bond acceptors (Lipinski definition) is 0. The number of benzene rings is 20. The molecule has 0 saturated carbocycles. The summed E-state index contributed by atoms with van der Waals surface area (Å²) in [5, 5.41) is 9.94. The van der Waals surface area contributed by atoms with Crippen LogP contribution in [0.5, 0.6) is 0 Å². The molecule has 24 aromatic rings. The fourth-order valence-electron chi connectivity index (χ4n) is 19.0. The third-order valence-electron chi connectivity index (χ3n) is 25.1. The van der Waals surface area contributed by atoms with E-state index in [1.807, 2.05) is 0 Å². The highest BCUT2D eigenvalue weighted by Crippen LogP contribution is 2.44. The van der Waals surface area contributed by atoms with Crippen LogP contribution in [0.15, 0.2) is 485 Å². The molecular weight excluding hydrogens is 1500 g/mol. The molecule has 20 aromatic carbocycles. The highest BCUT2D eigenvalue weighted by atomic mass is 15.0. The van der Waals surface area contributed by atoms with E-state index in [2.05, 4.69) is 504 Å². The van der Waals surface area contributed by atoms with Gasteiger partial charge in [-0.25, -0.2) is 0 Å². The van der Waals surface area contributed by atoms with E-state index in [1.54, 1.807) is 0 Å². The first-order valence-electron chi connectivity index (χ1n) is 42.7. The molecule has 0 unspecified atom stereocenters. The van der Waals surface area contributed by atoms with Crippen molar-refractivity contribution in [2.45, 2.75) is 0 Å². The van der Waals surface area contributed by atoms with Crippen LogP contribution in [0.3, 0.4) is 0 Å². The summed E-state index contributed by atoms with van der Waals surface area (Å²) in [5.74, 6) is 0. The summed E-state index contributed by atoms with van der Waals surface area (Å²) < 4.78 is 9.67. The number of rotatable bonds is 14. The highest BCUT2D eigenvalue weighted by molar-refractivity contribution is 6.15. The van der Waals surface area contributed by atoms with E-state index >= 15 is 0 Å². The van der Waals surface area contributed by atoms with E-state index in [9.17, 15) is 0 Å². The molecule has 124 heavy (non-hydrogen) atoms. The van der Waals surface area contributed by atoms with Crippen LogP contribution in [0.4, 0.5) is 0 Å². The maximum absolute atomic E-state index is 2.44. The summed E-state index contributed by atoms with van der Waals surface area (Å²) in [7, 11) is 0. The van der Waals surface area contributed by atoms with Gasteiger partial charge in [0, 0.05) is 65.8 Å². The molecule has 0 radical (unpaired) electrons. The van der Waals surface area contributed by atoms with Gasteiger partial charge in [0.25, 0.3) is 0 Å². The zero-order valence-corrected chi connectivity index (χ0v) is 68.0. The zero-order chi connectivity index (χ0) is 82.0. The molecule has 0 aliphatic carbocycles. The average Bonchev–Trinajstić information content (AvgIpc) is 1.59. The van der Waals surface area contributed by atoms with Crippen LogP contribution in [0.1, 0.15) is 0 Å². The Morgan fingerprint density at radius 3 is 0.565 bits per heavy atom. The van der Waals surface area contributed by atoms with Gasteiger partial charge in [-0.15, -0.1) is 0 Å². The number of hydrogen-bond donors (Lipinski definition) is 0. The van der Waals surface area contributed by atoms with E-state index in [0.717, 1.165) is 22.7 Å². The van der Waals surface area contributed by atoms with Gasteiger partial charge in [0.2, 0.25) is 0 Å². The molecule has 4 heteroatoms. The maximum atomic E-state index is 2.44. The zero-order valence-electron chi connectivity index (χ0n) is 68.0. The fourth-order valence-corrected chi connectivity index (χ4v) is 19.0. The Morgan fingerprint density at radius 2 is 0.274 bits per heavy atom. The van der Waals surface area contributed by atoms with E-state index < -0.39 is 0 Å². The first kappa shape index (κ1) is 72.8. The topological polar surface area (TPSA) is 19.7 Å². The van der Waals surface area contributed by atoms with Gasteiger partial charge in [-0.1, -0.05) is 358 Å². The van der Waals surface area contributed by atoms with Crippen molar-refractivity contribution in [1.29, 1.82) is 0 Å². The summed E-state index contributed by atoms with van der Waals surface area (Å²) in [6.45, 7) is 0. The van der Waals surface area contributed by atoms with Gasteiger partial charge in [-0.05, 0) is 239 Å². The smallest absolute Gasteiger partial charge is 0.0541 e. The second kappa shape index (κ2) is 31.1. The van der Waals surface area contributed by atoms with Gasteiger partial charge in [-0.2, -0.15) is 0 Å². The van der Waals surface area contributed by atoms with Crippen LogP contribution in [-0.4, -0.2) is 18.3 Å². The molecule has 4 aromatic heterocycles. The summed E-state index contributed by atoms with van der Waals surface area (Å²) in [6.07, 6.45) is 0. The molecule has 0 atom stereocenters. The molecule has 0 bridgehead atoms. The Balaban J connectivity index is 0.000000143. The lowest BCUT2D eigenvalue weighted by molar-refractivity contribution is 1.18. The largest absolute Gasteiger partial charge is 0.309 e. The lowest BCUT2D eigenvalue weighted by atomic mass is 9.98. The molecule has 0 spiro atoms. The molecule has 0 amide bonds. The van der Waals surface area contributed by atoms with Gasteiger partial charge in [0.05, 0.1) is 44.1 Å². The van der Waals surface area contributed by atoms with Crippen LogP contribution >= 0.6 is 0 Å². The van der Waals surface area contributed by atoms with Crippen molar-refractivity contribution in [3.8, 4) is 134 Å². The predicted octanol–water partition coefficient (Wildman–Crippen LogP) is 32.4. The first-order chi connectivity index (χ1) is 61.5. The lowest BCUT2D eigenvalue weighted by Crippen LogP contribution is -1.96. The second-order valence-electron chi connectivity index (χ2n) is 32.3. The molecule has 0 saturated heterocycles. The van der Waals surface area contributed by atoms with Gasteiger partial charge < -0.3 is 18.3 Å². The highest BCUT2D eigenvalue weighted by Gasteiger charge is 2.22. The minimum Gasteiger partial charge on any atom is -0.309 e. The fraction of sp³-hybridized carbons (Fsp3) is 0. The first-order valence-corrected chi connectivity index (χ1v) is 42.7. The number of nitrogens with zero attached hydrogens (tertiary/aromatic N) is 4. The molecule has 4 nitrogen and oxygen atoms in total. The van der Waals surface area contributed by atoms with Gasteiger partial charge >= 0.3 is 0 Å². The lowest BCUT2D eigenvalue weighted by Gasteiger charge is -2.14. The Morgan fingerprint density at radius 1 is 0.0887 bits per heavy atom. The maximum Gasteiger partial charge on any atom is 0.0541 e. The van der Waals surface area contributed by atoms with E-state index in [0.29, 0.717) is 0 Å². The Kier molecular flexibility index (Phi) is 18.2. The summed E-state index contributed by atoms with van der Waals surface area (Å²) in [5.41, 5.74) is 38.3. The van der Waals surface area contributed by atoms with Crippen molar-refractivity contribution in [2.24, 2.45) is 0 Å². The SMILES string of the molecule is c1ccc(-c2ccc(-c3ccc(-n4c5ccccc5c5cc(-c6ccc7c(c6)c6ccccc6n7-c6cccc(-c7ccc(-c8ccccc8)cc7)c6)ccc54)cc3)cc2)cc1.c1ccc(-c2ccc(-c3cccc(-n4c5ccccc5c5cc(-c6ccc7c(c6)c6ccccc6n7-c6cc(-c7ccccc7)cc(-c7ccccc7)c6)ccc54)c3)cc2)cc1. The van der Waals surface area contributed by atoms with Crippen LogP contribution in [0.25, 0.3) is 221 Å². The van der Waals surface area contributed by atoms with Crippen molar-refractivity contribution >= 4 is 87.2 Å². The number of aromatic nitrogens is 4. The number of fused-ring (bicyclic) bond motifs is 12. The third-order valence-corrected chi connectivity index (χ3v) is 25.1. The molecule has 580 valence electrons. The van der Waals surface area contributed by atoms with E-state index in [-0.39, 0.29) is 0 Å². The average molecular weight is 1580 g/mol. The van der Waals surface area contributed by atoms with Gasteiger partial charge in [0.1, 0.15) is 0 Å². The normalized spacial score (nSPS) is 11.5. The molecule has 24 rings (SSSR count). The third kappa shape index (κ3) is 13.2. The van der Waals surface area contributed by atoms with Crippen LogP contribution in [0.2, 0.25) is 0 Å². The predicted molar refractivity (Wildman–Crippen MR) is 525 cm³/mol. The van der Waals surface area contributed by atoms with E-state index in [1.165, 1.54) is 198 Å². The quantitative estimate of drug-likeness (QED) is 0.103. The standard InChI is InChI=1S/2C60H40N2/c1-4-15-41(16-5-1)44-27-29-45(30-28-44)46-21-14-22-51(36-46)61-57-25-12-10-23-53(57)55-39-47(31-33-59(55)61)48-32-34-60-56(40-48)54-24-11-13-26-58(54)62(60)52-37-49(42-17-6-2-7-18-42)35-50(38-52)43-19-8-3-9-20-43;1-3-12-41(13-4-1)43-22-24-45(25-23-43)46-30-34-51(35-31-46)61-57-20-9-7-18-53(57)55-39-49(32-36-59(55)61)50-33-37-60-56(40-50)54-19-8-10-21-58(54)62(60)52-17-11-16-48(38-52)47-28-26-44(27-29-47)42-14-5-2-6-15-42/h2*1-40H. The Hall–Kier alpha value is -16.4. The molecule has 0 N–H and O–H groups in total. The van der Waals surface area contributed by atoms with Crippen LogP contribution < -0.4 is 0 Å². The summed E-state index contributed by atoms with van der Waals surface area (Å²) in [6, 6.07) is 177. The van der Waals surface area contributed by atoms with Crippen molar-refractivity contribution in [1.82, 2.24) is 18.3 Å². The molecular formula is C120H80N4. The molecule has 0 fully saturated rings. The van der Waals surface area contributed by atoms with Crippen molar-refractivity contribution < 1.29 is 0 Å². The van der Waals surface area contributed by atoms with E-state index in [4.69, 9.17) is 0 Å². The second-order valence-corrected chi connectivity index (χ2v) is 32.3. The monoisotopic (exact) mass is 1580 g/mol. The Labute approximate surface area is 719 Å².